The second-order valence-corrected chi connectivity index (χ2v) is 9.28. The molecule has 4 aromatic rings. The summed E-state index contributed by atoms with van der Waals surface area (Å²) >= 11 is 0. The third-order valence-electron chi connectivity index (χ3n) is 6.69. The first-order valence-electron chi connectivity index (χ1n) is 12.5. The molecule has 5 rings (SSSR count). The van der Waals surface area contributed by atoms with Crippen molar-refractivity contribution in [2.75, 3.05) is 24.9 Å². The maximum Gasteiger partial charge on any atom is 0.248 e. The number of methoxy groups -OCH3 is 2. The van der Waals surface area contributed by atoms with Crippen molar-refractivity contribution in [3.63, 3.8) is 0 Å². The van der Waals surface area contributed by atoms with Gasteiger partial charge in [-0.3, -0.25) is 9.78 Å². The lowest BCUT2D eigenvalue weighted by atomic mass is 9.92. The number of nitrogens with one attached hydrogen (secondary N) is 2. The van der Waals surface area contributed by atoms with E-state index in [1.54, 1.807) is 20.3 Å². The predicted molar refractivity (Wildman–Crippen MR) is 157 cm³/mol. The molecule has 7 heteroatoms. The fourth-order valence-electron chi connectivity index (χ4n) is 4.74. The number of hydrogen-bond acceptors (Lipinski definition) is 5. The highest BCUT2D eigenvalue weighted by molar-refractivity contribution is 6.04. The van der Waals surface area contributed by atoms with Crippen LogP contribution in [0.1, 0.15) is 35.2 Å². The average molecular weight is 530 g/mol. The second kappa shape index (κ2) is 12.0. The molecule has 0 unspecified atom stereocenters. The highest BCUT2D eigenvalue weighted by Gasteiger charge is 2.19. The lowest BCUT2D eigenvalue weighted by molar-refractivity contribution is -0.111. The van der Waals surface area contributed by atoms with Gasteiger partial charge in [0.05, 0.1) is 25.4 Å². The van der Waals surface area contributed by atoms with Crippen molar-refractivity contribution in [3.05, 3.63) is 89.1 Å². The molecule has 0 spiro atoms. The minimum absolute atomic E-state index is 0. The Bertz CT molecular complexity index is 1480. The summed E-state index contributed by atoms with van der Waals surface area (Å²) in [5, 5.41) is 7.60. The predicted octanol–water partition coefficient (Wildman–Crippen LogP) is 7.26. The quantitative estimate of drug-likeness (QED) is 0.246. The molecular formula is C31H32ClN3O3. The molecule has 0 atom stereocenters. The van der Waals surface area contributed by atoms with E-state index in [1.165, 1.54) is 11.1 Å². The first-order valence-corrected chi connectivity index (χ1v) is 12.5. The molecule has 0 saturated carbocycles. The Morgan fingerprint density at radius 3 is 2.39 bits per heavy atom. The van der Waals surface area contributed by atoms with Gasteiger partial charge in [-0.05, 0) is 80.1 Å². The number of pyridine rings is 1. The molecule has 2 N–H and O–H groups in total. The number of ether oxygens (including phenoxy) is 2. The van der Waals surface area contributed by atoms with E-state index >= 15 is 0 Å². The zero-order valence-corrected chi connectivity index (χ0v) is 22.7. The molecular weight excluding hydrogens is 498 g/mol. The van der Waals surface area contributed by atoms with Gasteiger partial charge in [0, 0.05) is 34.6 Å². The topological polar surface area (TPSA) is 72.5 Å². The van der Waals surface area contributed by atoms with E-state index in [0.717, 1.165) is 64.9 Å². The minimum Gasteiger partial charge on any atom is -0.493 e. The molecule has 1 aromatic heterocycles. The van der Waals surface area contributed by atoms with E-state index in [2.05, 4.69) is 10.6 Å². The molecule has 0 radical (unpaired) electrons. The Balaban J connectivity index is 0.00000336. The van der Waals surface area contributed by atoms with Crippen LogP contribution in [0.4, 0.5) is 17.1 Å². The third-order valence-corrected chi connectivity index (χ3v) is 6.69. The van der Waals surface area contributed by atoms with Crippen LogP contribution in [0.5, 0.6) is 11.5 Å². The van der Waals surface area contributed by atoms with Gasteiger partial charge in [-0.1, -0.05) is 29.8 Å². The van der Waals surface area contributed by atoms with Crippen LogP contribution in [0, 0.1) is 6.92 Å². The summed E-state index contributed by atoms with van der Waals surface area (Å²) in [7, 11) is 3.26. The summed E-state index contributed by atoms with van der Waals surface area (Å²) < 4.78 is 10.9. The van der Waals surface area contributed by atoms with Crippen molar-refractivity contribution in [1.29, 1.82) is 0 Å². The van der Waals surface area contributed by atoms with Crippen LogP contribution in [0.15, 0.2) is 66.7 Å². The summed E-state index contributed by atoms with van der Waals surface area (Å²) in [5.74, 6) is 1.16. The van der Waals surface area contributed by atoms with E-state index in [0.29, 0.717) is 11.5 Å². The molecule has 0 bridgehead atoms. The van der Waals surface area contributed by atoms with Gasteiger partial charge in [0.2, 0.25) is 5.91 Å². The molecule has 1 amide bonds. The number of anilines is 3. The molecule has 6 nitrogen and oxygen atoms in total. The molecule has 196 valence electrons. The molecule has 0 fully saturated rings. The van der Waals surface area contributed by atoms with Gasteiger partial charge < -0.3 is 20.1 Å². The number of carbonyl (C=O) groups is 1. The largest absolute Gasteiger partial charge is 0.493 e. The van der Waals surface area contributed by atoms with Gasteiger partial charge in [-0.25, -0.2) is 0 Å². The van der Waals surface area contributed by atoms with E-state index < -0.39 is 0 Å². The summed E-state index contributed by atoms with van der Waals surface area (Å²) in [6.45, 7) is 2.04. The van der Waals surface area contributed by atoms with Crippen LogP contribution >= 0.6 is 12.4 Å². The van der Waals surface area contributed by atoms with E-state index in [9.17, 15) is 4.79 Å². The van der Waals surface area contributed by atoms with Crippen molar-refractivity contribution in [2.24, 2.45) is 0 Å². The molecule has 1 aliphatic carbocycles. The molecule has 0 saturated heterocycles. The van der Waals surface area contributed by atoms with Gasteiger partial charge in [0.1, 0.15) is 0 Å². The number of amides is 1. The standard InChI is InChI=1S/C31H31N3O3.ClH/c1-20-8-10-21(11-9-20)12-17-30(35)32-22-13-15-27-25(18-22)31(24-6-4-5-7-26(24)34-27)33-23-14-16-28(36-2)29(19-23)37-3;/h8-19H,4-7H2,1-3H3,(H,32,35)(H,33,34);1H. The summed E-state index contributed by atoms with van der Waals surface area (Å²) in [4.78, 5) is 17.6. The highest BCUT2D eigenvalue weighted by Crippen LogP contribution is 2.38. The van der Waals surface area contributed by atoms with Crippen molar-refractivity contribution in [2.45, 2.75) is 32.6 Å². The van der Waals surface area contributed by atoms with Gasteiger partial charge >= 0.3 is 0 Å². The zero-order chi connectivity index (χ0) is 25.8. The molecule has 1 aliphatic rings. The van der Waals surface area contributed by atoms with Crippen LogP contribution in [-0.2, 0) is 17.6 Å². The molecule has 3 aromatic carbocycles. The van der Waals surface area contributed by atoms with Crippen LogP contribution in [-0.4, -0.2) is 25.1 Å². The number of carbonyl (C=O) groups excluding carboxylic acids is 1. The Morgan fingerprint density at radius 1 is 0.895 bits per heavy atom. The fourth-order valence-corrected chi connectivity index (χ4v) is 4.74. The van der Waals surface area contributed by atoms with Crippen molar-refractivity contribution in [1.82, 2.24) is 4.98 Å². The van der Waals surface area contributed by atoms with Crippen LogP contribution in [0.3, 0.4) is 0 Å². The third kappa shape index (κ3) is 5.92. The normalized spacial score (nSPS) is 12.5. The van der Waals surface area contributed by atoms with Crippen LogP contribution < -0.4 is 20.1 Å². The smallest absolute Gasteiger partial charge is 0.248 e. The van der Waals surface area contributed by atoms with Crippen molar-refractivity contribution < 1.29 is 14.3 Å². The minimum atomic E-state index is -0.180. The Labute approximate surface area is 229 Å². The molecule has 1 heterocycles. The summed E-state index contributed by atoms with van der Waals surface area (Å²) in [6.07, 6.45) is 7.57. The van der Waals surface area contributed by atoms with Gasteiger partial charge in [-0.15, -0.1) is 12.4 Å². The Hall–Kier alpha value is -4.03. The fraction of sp³-hybridized carbons (Fsp3) is 0.226. The summed E-state index contributed by atoms with van der Waals surface area (Å²) in [6, 6.07) is 19.7. The number of rotatable bonds is 7. The highest BCUT2D eigenvalue weighted by atomic mass is 35.5. The van der Waals surface area contributed by atoms with E-state index in [1.807, 2.05) is 73.7 Å². The lowest BCUT2D eigenvalue weighted by Crippen LogP contribution is -2.11. The monoisotopic (exact) mass is 529 g/mol. The maximum atomic E-state index is 12.7. The SMILES string of the molecule is COc1ccc(Nc2c3c(nc4ccc(NC(=O)C=Cc5ccc(C)cc5)cc24)CCCC3)cc1OC.Cl. The number of aromatic nitrogens is 1. The van der Waals surface area contributed by atoms with Crippen LogP contribution in [0.25, 0.3) is 17.0 Å². The lowest BCUT2D eigenvalue weighted by Gasteiger charge is -2.22. The van der Waals surface area contributed by atoms with Gasteiger partial charge in [0.15, 0.2) is 11.5 Å². The van der Waals surface area contributed by atoms with Gasteiger partial charge in [0.25, 0.3) is 0 Å². The van der Waals surface area contributed by atoms with E-state index in [4.69, 9.17) is 14.5 Å². The maximum absolute atomic E-state index is 12.7. The number of hydrogen-bond donors (Lipinski definition) is 2. The number of aryl methyl sites for hydroxylation is 2. The van der Waals surface area contributed by atoms with Crippen molar-refractivity contribution >= 4 is 52.4 Å². The first kappa shape index (κ1) is 27.0. The Kier molecular flexibility index (Phi) is 8.54. The van der Waals surface area contributed by atoms with E-state index in [-0.39, 0.29) is 18.3 Å². The number of fused-ring (bicyclic) bond motifs is 2. The first-order chi connectivity index (χ1) is 18.0. The zero-order valence-electron chi connectivity index (χ0n) is 21.8. The van der Waals surface area contributed by atoms with Crippen molar-refractivity contribution in [3.8, 4) is 11.5 Å². The molecule has 0 aliphatic heterocycles. The number of benzene rings is 3. The summed E-state index contributed by atoms with van der Waals surface area (Å²) in [5.41, 5.74) is 8.08. The molecule has 38 heavy (non-hydrogen) atoms. The van der Waals surface area contributed by atoms with Crippen LogP contribution in [0.2, 0.25) is 0 Å². The Morgan fingerprint density at radius 2 is 1.63 bits per heavy atom. The number of halogens is 1. The second-order valence-electron chi connectivity index (χ2n) is 9.28. The number of nitrogens with zero attached hydrogens (tertiary/aromatic N) is 1. The van der Waals surface area contributed by atoms with Gasteiger partial charge in [-0.2, -0.15) is 0 Å². The average Bonchev–Trinajstić information content (AvgIpc) is 2.92.